The SMILES string of the molecule is C/C(=N\OCC(F)(F)F)c1ccccc1. The van der Waals surface area contributed by atoms with Crippen LogP contribution in [0.5, 0.6) is 0 Å². The topological polar surface area (TPSA) is 21.6 Å². The van der Waals surface area contributed by atoms with Gasteiger partial charge in [0, 0.05) is 0 Å². The molecule has 1 aromatic rings. The lowest BCUT2D eigenvalue weighted by atomic mass is 10.1. The van der Waals surface area contributed by atoms with Crippen LogP contribution in [0, 0.1) is 0 Å². The first kappa shape index (κ1) is 11.6. The molecule has 2 nitrogen and oxygen atoms in total. The first-order valence-corrected chi connectivity index (χ1v) is 4.28. The number of hydrogen-bond donors (Lipinski definition) is 0. The van der Waals surface area contributed by atoms with E-state index in [1.165, 1.54) is 0 Å². The highest BCUT2D eigenvalue weighted by Gasteiger charge is 2.28. The van der Waals surface area contributed by atoms with Crippen molar-refractivity contribution in [1.82, 2.24) is 0 Å². The van der Waals surface area contributed by atoms with Crippen LogP contribution in [0.1, 0.15) is 12.5 Å². The Morgan fingerprint density at radius 3 is 2.40 bits per heavy atom. The number of nitrogens with zero attached hydrogens (tertiary/aromatic N) is 1. The van der Waals surface area contributed by atoms with Crippen LogP contribution in [0.4, 0.5) is 13.2 Å². The van der Waals surface area contributed by atoms with Crippen molar-refractivity contribution in [3.63, 3.8) is 0 Å². The van der Waals surface area contributed by atoms with Crippen molar-refractivity contribution in [2.75, 3.05) is 6.61 Å². The van der Waals surface area contributed by atoms with Crippen molar-refractivity contribution in [2.24, 2.45) is 5.16 Å². The predicted molar refractivity (Wildman–Crippen MR) is 50.7 cm³/mol. The average molecular weight is 217 g/mol. The smallest absolute Gasteiger partial charge is 0.386 e. The molecule has 15 heavy (non-hydrogen) atoms. The summed E-state index contributed by atoms with van der Waals surface area (Å²) in [4.78, 5) is 4.18. The van der Waals surface area contributed by atoms with E-state index in [1.807, 2.05) is 6.07 Å². The van der Waals surface area contributed by atoms with Crippen LogP contribution >= 0.6 is 0 Å². The maximum atomic E-state index is 11.7. The van der Waals surface area contributed by atoms with E-state index in [0.717, 1.165) is 5.56 Å². The predicted octanol–water partition coefficient (Wildman–Crippen LogP) is 2.99. The fourth-order valence-electron chi connectivity index (χ4n) is 0.934. The van der Waals surface area contributed by atoms with Crippen LogP contribution in [0.3, 0.4) is 0 Å². The van der Waals surface area contributed by atoms with Crippen molar-refractivity contribution >= 4 is 5.71 Å². The Hall–Kier alpha value is -1.52. The van der Waals surface area contributed by atoms with Gasteiger partial charge in [0.1, 0.15) is 0 Å². The molecule has 0 aliphatic heterocycles. The minimum Gasteiger partial charge on any atom is -0.386 e. The van der Waals surface area contributed by atoms with Crippen molar-refractivity contribution in [2.45, 2.75) is 13.1 Å². The van der Waals surface area contributed by atoms with Gasteiger partial charge in [-0.05, 0) is 12.5 Å². The Morgan fingerprint density at radius 1 is 1.27 bits per heavy atom. The van der Waals surface area contributed by atoms with Crippen LogP contribution < -0.4 is 0 Å². The molecule has 5 heteroatoms. The van der Waals surface area contributed by atoms with Crippen molar-refractivity contribution in [3.8, 4) is 0 Å². The molecule has 0 spiro atoms. The van der Waals surface area contributed by atoms with Crippen LogP contribution in [0.15, 0.2) is 35.5 Å². The average Bonchev–Trinajstić information content (AvgIpc) is 2.17. The number of alkyl halides is 3. The van der Waals surface area contributed by atoms with E-state index in [9.17, 15) is 13.2 Å². The Labute approximate surface area is 85.4 Å². The fourth-order valence-corrected chi connectivity index (χ4v) is 0.934. The number of halogens is 3. The van der Waals surface area contributed by atoms with Gasteiger partial charge >= 0.3 is 6.18 Å². The lowest BCUT2D eigenvalue weighted by molar-refractivity contribution is -0.173. The minimum absolute atomic E-state index is 0.417. The molecule has 1 rings (SSSR count). The maximum absolute atomic E-state index is 11.7. The van der Waals surface area contributed by atoms with Gasteiger partial charge in [0.25, 0.3) is 0 Å². The van der Waals surface area contributed by atoms with E-state index in [0.29, 0.717) is 5.71 Å². The molecule has 0 bridgehead atoms. The number of benzene rings is 1. The molecular weight excluding hydrogens is 207 g/mol. The standard InChI is InChI=1S/C10H10F3NO/c1-8(9-5-3-2-4-6-9)14-15-7-10(11,12)13/h2-6H,7H2,1H3/b14-8+. The molecule has 1 aromatic carbocycles. The van der Waals surface area contributed by atoms with Crippen LogP contribution in [0.25, 0.3) is 0 Å². The minimum atomic E-state index is -4.35. The fraction of sp³-hybridized carbons (Fsp3) is 0.300. The summed E-state index contributed by atoms with van der Waals surface area (Å²) >= 11 is 0. The summed E-state index contributed by atoms with van der Waals surface area (Å²) in [5.74, 6) is 0. The second kappa shape index (κ2) is 4.82. The first-order chi connectivity index (χ1) is 6.99. The highest BCUT2D eigenvalue weighted by atomic mass is 19.4. The molecule has 0 unspecified atom stereocenters. The van der Waals surface area contributed by atoms with Gasteiger partial charge in [-0.25, -0.2) is 0 Å². The van der Waals surface area contributed by atoms with Gasteiger partial charge in [0.15, 0.2) is 0 Å². The molecule has 0 saturated carbocycles. The molecule has 82 valence electrons. The summed E-state index contributed by atoms with van der Waals surface area (Å²) in [6.45, 7) is 0.225. The van der Waals surface area contributed by atoms with E-state index in [-0.39, 0.29) is 0 Å². The third-order valence-corrected chi connectivity index (χ3v) is 1.62. The first-order valence-electron chi connectivity index (χ1n) is 4.28. The Balaban J connectivity index is 2.54. The second-order valence-corrected chi connectivity index (χ2v) is 2.93. The zero-order valence-electron chi connectivity index (χ0n) is 8.08. The monoisotopic (exact) mass is 217 g/mol. The zero-order chi connectivity index (χ0) is 11.3. The van der Waals surface area contributed by atoms with E-state index in [1.54, 1.807) is 31.2 Å². The van der Waals surface area contributed by atoms with Crippen molar-refractivity contribution < 1.29 is 18.0 Å². The van der Waals surface area contributed by atoms with Gasteiger partial charge in [-0.1, -0.05) is 35.5 Å². The van der Waals surface area contributed by atoms with Crippen molar-refractivity contribution in [3.05, 3.63) is 35.9 Å². The van der Waals surface area contributed by atoms with Crippen LogP contribution in [0.2, 0.25) is 0 Å². The van der Waals surface area contributed by atoms with Gasteiger partial charge in [-0.15, -0.1) is 0 Å². The number of rotatable bonds is 3. The summed E-state index contributed by atoms with van der Waals surface area (Å²) in [7, 11) is 0. The van der Waals surface area contributed by atoms with E-state index >= 15 is 0 Å². The van der Waals surface area contributed by atoms with E-state index < -0.39 is 12.8 Å². The van der Waals surface area contributed by atoms with E-state index in [2.05, 4.69) is 9.99 Å². The van der Waals surface area contributed by atoms with Gasteiger partial charge in [0.05, 0.1) is 5.71 Å². The third kappa shape index (κ3) is 4.49. The summed E-state index contributed by atoms with van der Waals surface area (Å²) in [6, 6.07) is 8.86. The highest BCUT2D eigenvalue weighted by Crippen LogP contribution is 2.14. The highest BCUT2D eigenvalue weighted by molar-refractivity contribution is 5.98. The molecular formula is C10H10F3NO. The second-order valence-electron chi connectivity index (χ2n) is 2.93. The molecule has 0 amide bonds. The molecule has 0 heterocycles. The molecule has 0 fully saturated rings. The van der Waals surface area contributed by atoms with Crippen LogP contribution in [-0.2, 0) is 4.84 Å². The molecule has 0 aromatic heterocycles. The Bertz CT molecular complexity index is 332. The van der Waals surface area contributed by atoms with Crippen LogP contribution in [-0.4, -0.2) is 18.5 Å². The number of oxime groups is 1. The molecule has 0 N–H and O–H groups in total. The summed E-state index contributed by atoms with van der Waals surface area (Å²) in [5, 5.41) is 3.38. The quantitative estimate of drug-likeness (QED) is 0.563. The summed E-state index contributed by atoms with van der Waals surface area (Å²) in [5.41, 5.74) is 1.15. The zero-order valence-corrected chi connectivity index (χ0v) is 8.08. The van der Waals surface area contributed by atoms with Gasteiger partial charge in [0.2, 0.25) is 6.61 Å². The number of hydrogen-bond acceptors (Lipinski definition) is 2. The Kier molecular flexibility index (Phi) is 3.71. The molecule has 0 aliphatic carbocycles. The molecule has 0 saturated heterocycles. The molecule has 0 aliphatic rings. The third-order valence-electron chi connectivity index (χ3n) is 1.62. The maximum Gasteiger partial charge on any atom is 0.425 e. The summed E-state index contributed by atoms with van der Waals surface area (Å²) < 4.78 is 35.1. The van der Waals surface area contributed by atoms with Gasteiger partial charge < -0.3 is 4.84 Å². The summed E-state index contributed by atoms with van der Waals surface area (Å²) in [6.07, 6.45) is -4.35. The largest absolute Gasteiger partial charge is 0.425 e. The van der Waals surface area contributed by atoms with E-state index in [4.69, 9.17) is 0 Å². The van der Waals surface area contributed by atoms with Gasteiger partial charge in [-0.2, -0.15) is 13.2 Å². The lowest BCUT2D eigenvalue weighted by Gasteiger charge is -2.05. The normalized spacial score (nSPS) is 12.7. The van der Waals surface area contributed by atoms with Gasteiger partial charge in [-0.3, -0.25) is 0 Å². The lowest BCUT2D eigenvalue weighted by Crippen LogP contribution is -2.15. The molecule has 0 atom stereocenters. The Morgan fingerprint density at radius 2 is 1.87 bits per heavy atom. The molecule has 0 radical (unpaired) electrons. The van der Waals surface area contributed by atoms with Crippen molar-refractivity contribution in [1.29, 1.82) is 0 Å².